The second kappa shape index (κ2) is 5.45. The third-order valence-corrected chi connectivity index (χ3v) is 5.01. The van der Waals surface area contributed by atoms with Crippen molar-refractivity contribution in [2.45, 2.75) is 50.6 Å². The molecule has 6 heteroatoms. The highest BCUT2D eigenvalue weighted by atomic mass is 16.2. The van der Waals surface area contributed by atoms with Gasteiger partial charge >= 0.3 is 0 Å². The minimum atomic E-state index is -0.482. The number of fused-ring (bicyclic) bond motifs is 1. The Bertz CT molecular complexity index is 843. The smallest absolute Gasteiger partial charge is 0.231 e. The maximum atomic E-state index is 13.0. The van der Waals surface area contributed by atoms with Gasteiger partial charge in [0.25, 0.3) is 0 Å². The number of rotatable bonds is 3. The highest BCUT2D eigenvalue weighted by molar-refractivity contribution is 5.91. The molecule has 0 saturated heterocycles. The fourth-order valence-electron chi connectivity index (χ4n) is 3.56. The van der Waals surface area contributed by atoms with Gasteiger partial charge in [-0.15, -0.1) is 0 Å². The number of nitrogens with zero attached hydrogens (tertiary/aromatic N) is 4. The molecule has 122 valence electrons. The maximum absolute atomic E-state index is 13.0. The van der Waals surface area contributed by atoms with E-state index in [1.807, 2.05) is 29.8 Å². The van der Waals surface area contributed by atoms with E-state index in [-0.39, 0.29) is 11.9 Å². The predicted octanol–water partition coefficient (Wildman–Crippen LogP) is 2.14. The van der Waals surface area contributed by atoms with Gasteiger partial charge in [-0.05, 0) is 50.3 Å². The van der Waals surface area contributed by atoms with Crippen LogP contribution < -0.4 is 5.32 Å². The molecule has 1 saturated carbocycles. The summed E-state index contributed by atoms with van der Waals surface area (Å²) in [7, 11) is 0. The SMILES string of the molecule is Cc1nc2n(n1)CCCC2NC(=O)C1(c2cccc(C#N)c2)CC1. The third-order valence-electron chi connectivity index (χ3n) is 5.01. The summed E-state index contributed by atoms with van der Waals surface area (Å²) in [4.78, 5) is 17.4. The van der Waals surface area contributed by atoms with Crippen LogP contribution in [0.4, 0.5) is 0 Å². The molecule has 6 nitrogen and oxygen atoms in total. The van der Waals surface area contributed by atoms with Gasteiger partial charge in [0, 0.05) is 6.54 Å². The van der Waals surface area contributed by atoms with Crippen molar-refractivity contribution in [2.75, 3.05) is 0 Å². The number of carbonyl (C=O) groups excluding carboxylic acids is 1. The second-order valence-corrected chi connectivity index (χ2v) is 6.68. The molecule has 0 spiro atoms. The lowest BCUT2D eigenvalue weighted by molar-refractivity contribution is -0.124. The summed E-state index contributed by atoms with van der Waals surface area (Å²) in [5, 5.41) is 16.7. The maximum Gasteiger partial charge on any atom is 0.231 e. The van der Waals surface area contributed by atoms with Gasteiger partial charge in [0.1, 0.15) is 11.6 Å². The van der Waals surface area contributed by atoms with Crippen LogP contribution in [0.1, 0.15) is 54.5 Å². The predicted molar refractivity (Wildman–Crippen MR) is 86.9 cm³/mol. The van der Waals surface area contributed by atoms with Crippen LogP contribution in [0, 0.1) is 18.3 Å². The summed E-state index contributed by atoms with van der Waals surface area (Å²) in [5.74, 6) is 1.64. The van der Waals surface area contributed by atoms with Crippen LogP contribution in [0.2, 0.25) is 0 Å². The Balaban J connectivity index is 1.58. The molecule has 1 fully saturated rings. The number of carbonyl (C=O) groups is 1. The number of nitriles is 1. The summed E-state index contributed by atoms with van der Waals surface area (Å²) in [5.41, 5.74) is 1.05. The molecule has 2 heterocycles. The number of hydrogen-bond donors (Lipinski definition) is 1. The lowest BCUT2D eigenvalue weighted by atomic mass is 9.93. The first-order valence-electron chi connectivity index (χ1n) is 8.35. The van der Waals surface area contributed by atoms with Crippen molar-refractivity contribution in [3.63, 3.8) is 0 Å². The quantitative estimate of drug-likeness (QED) is 0.939. The van der Waals surface area contributed by atoms with Crippen molar-refractivity contribution < 1.29 is 4.79 Å². The molecule has 1 atom stereocenters. The normalized spacial score (nSPS) is 20.8. The highest BCUT2D eigenvalue weighted by Crippen LogP contribution is 2.49. The van der Waals surface area contributed by atoms with E-state index in [0.29, 0.717) is 5.56 Å². The van der Waals surface area contributed by atoms with Crippen LogP contribution in [0.3, 0.4) is 0 Å². The monoisotopic (exact) mass is 321 g/mol. The zero-order valence-electron chi connectivity index (χ0n) is 13.6. The Morgan fingerprint density at radius 1 is 1.46 bits per heavy atom. The molecule has 1 aromatic heterocycles. The standard InChI is InChI=1S/C18H19N5O/c1-12-20-16-15(6-3-9-23(16)22-12)21-17(24)18(7-8-18)14-5-2-4-13(10-14)11-19/h2,4-5,10,15H,3,6-9H2,1H3,(H,21,24). The minimum Gasteiger partial charge on any atom is -0.345 e. The van der Waals surface area contributed by atoms with Crippen molar-refractivity contribution >= 4 is 5.91 Å². The van der Waals surface area contributed by atoms with E-state index >= 15 is 0 Å². The minimum absolute atomic E-state index is 0.0386. The summed E-state index contributed by atoms with van der Waals surface area (Å²) in [6.45, 7) is 2.73. The van der Waals surface area contributed by atoms with Gasteiger partial charge in [-0.1, -0.05) is 12.1 Å². The van der Waals surface area contributed by atoms with E-state index in [1.165, 1.54) is 0 Å². The van der Waals surface area contributed by atoms with E-state index in [2.05, 4.69) is 21.5 Å². The fraction of sp³-hybridized carbons (Fsp3) is 0.444. The van der Waals surface area contributed by atoms with Crippen LogP contribution in [-0.2, 0) is 16.8 Å². The Hall–Kier alpha value is -2.68. The lowest BCUT2D eigenvalue weighted by Crippen LogP contribution is -2.39. The first-order valence-corrected chi connectivity index (χ1v) is 8.35. The molecule has 4 rings (SSSR count). The lowest BCUT2D eigenvalue weighted by Gasteiger charge is -2.25. The fourth-order valence-corrected chi connectivity index (χ4v) is 3.56. The number of hydrogen-bond acceptors (Lipinski definition) is 4. The molecule has 2 aliphatic rings. The number of nitrogens with one attached hydrogen (secondary N) is 1. The van der Waals surface area contributed by atoms with Crippen molar-refractivity contribution in [1.29, 1.82) is 5.26 Å². The first-order chi connectivity index (χ1) is 11.6. The first kappa shape index (κ1) is 14.9. The van der Waals surface area contributed by atoms with Crippen LogP contribution >= 0.6 is 0 Å². The molecule has 2 aromatic rings. The van der Waals surface area contributed by atoms with Crippen molar-refractivity contribution in [3.8, 4) is 6.07 Å². The average molecular weight is 321 g/mol. The number of aryl methyl sites for hydroxylation is 2. The molecule has 1 aliphatic carbocycles. The molecule has 1 aliphatic heterocycles. The van der Waals surface area contributed by atoms with Crippen molar-refractivity contribution in [3.05, 3.63) is 47.0 Å². The van der Waals surface area contributed by atoms with Crippen molar-refractivity contribution in [2.24, 2.45) is 0 Å². The van der Waals surface area contributed by atoms with E-state index in [1.54, 1.807) is 6.07 Å². The molecule has 1 N–H and O–H groups in total. The summed E-state index contributed by atoms with van der Waals surface area (Å²) < 4.78 is 1.90. The zero-order chi connectivity index (χ0) is 16.7. The van der Waals surface area contributed by atoms with E-state index in [0.717, 1.165) is 49.4 Å². The summed E-state index contributed by atoms with van der Waals surface area (Å²) >= 11 is 0. The van der Waals surface area contributed by atoms with Gasteiger partial charge in [-0.2, -0.15) is 10.4 Å². The molecule has 1 amide bonds. The molecule has 0 bridgehead atoms. The van der Waals surface area contributed by atoms with Gasteiger partial charge < -0.3 is 5.32 Å². The largest absolute Gasteiger partial charge is 0.345 e. The molecule has 0 radical (unpaired) electrons. The molecule has 24 heavy (non-hydrogen) atoms. The molecule has 1 unspecified atom stereocenters. The number of aromatic nitrogens is 3. The van der Waals surface area contributed by atoms with E-state index in [9.17, 15) is 4.79 Å². The Morgan fingerprint density at radius 2 is 2.29 bits per heavy atom. The van der Waals surface area contributed by atoms with Gasteiger partial charge in [-0.25, -0.2) is 9.67 Å². The molecular formula is C18H19N5O. The molecule has 1 aromatic carbocycles. The van der Waals surface area contributed by atoms with E-state index in [4.69, 9.17) is 5.26 Å². The van der Waals surface area contributed by atoms with Gasteiger partial charge in [0.2, 0.25) is 5.91 Å². The second-order valence-electron chi connectivity index (χ2n) is 6.68. The van der Waals surface area contributed by atoms with Crippen LogP contribution in [0.25, 0.3) is 0 Å². The Kier molecular flexibility index (Phi) is 3.38. The van der Waals surface area contributed by atoms with Crippen LogP contribution in [0.15, 0.2) is 24.3 Å². The zero-order valence-corrected chi connectivity index (χ0v) is 13.6. The number of amides is 1. The summed E-state index contributed by atoms with van der Waals surface area (Å²) in [6.07, 6.45) is 3.52. The van der Waals surface area contributed by atoms with Crippen molar-refractivity contribution in [1.82, 2.24) is 20.1 Å². The van der Waals surface area contributed by atoms with E-state index < -0.39 is 5.41 Å². The summed E-state index contributed by atoms with van der Waals surface area (Å²) in [6, 6.07) is 9.47. The number of benzene rings is 1. The average Bonchev–Trinajstić information content (AvgIpc) is 3.31. The van der Waals surface area contributed by atoms with Gasteiger partial charge in [0.05, 0.1) is 23.1 Å². The highest BCUT2D eigenvalue weighted by Gasteiger charge is 2.52. The molecular weight excluding hydrogens is 302 g/mol. The Labute approximate surface area is 140 Å². The van der Waals surface area contributed by atoms with Gasteiger partial charge in [0.15, 0.2) is 0 Å². The van der Waals surface area contributed by atoms with Crippen LogP contribution in [0.5, 0.6) is 0 Å². The topological polar surface area (TPSA) is 83.6 Å². The van der Waals surface area contributed by atoms with Crippen LogP contribution in [-0.4, -0.2) is 20.7 Å². The Morgan fingerprint density at radius 3 is 3.04 bits per heavy atom. The van der Waals surface area contributed by atoms with Gasteiger partial charge in [-0.3, -0.25) is 4.79 Å². The third kappa shape index (κ3) is 2.37.